The number of benzene rings is 1. The van der Waals surface area contributed by atoms with Gasteiger partial charge in [-0.1, -0.05) is 22.0 Å². The van der Waals surface area contributed by atoms with E-state index in [1.54, 1.807) is 0 Å². The lowest BCUT2D eigenvalue weighted by molar-refractivity contribution is 0.103. The zero-order valence-corrected chi connectivity index (χ0v) is 15.4. The van der Waals surface area contributed by atoms with Crippen molar-refractivity contribution in [3.63, 3.8) is 0 Å². The van der Waals surface area contributed by atoms with Crippen LogP contribution in [0.2, 0.25) is 0 Å². The molecular formula is C17H16BrN3OS. The second-order valence-corrected chi connectivity index (χ2v) is 7.35. The number of carbonyl (C=O) groups excluding carboxylic acids is 1. The predicted molar refractivity (Wildman–Crippen MR) is 100 cm³/mol. The number of hydrogen-bond acceptors (Lipinski definition) is 4. The van der Waals surface area contributed by atoms with Gasteiger partial charge in [0, 0.05) is 21.2 Å². The number of thiophene rings is 1. The van der Waals surface area contributed by atoms with Gasteiger partial charge in [-0.2, -0.15) is 0 Å². The van der Waals surface area contributed by atoms with Gasteiger partial charge in [0.2, 0.25) is 0 Å². The van der Waals surface area contributed by atoms with E-state index >= 15 is 0 Å². The second kappa shape index (κ2) is 5.94. The zero-order chi connectivity index (χ0) is 16.7. The summed E-state index contributed by atoms with van der Waals surface area (Å²) in [5, 5.41) is 3.77. The van der Waals surface area contributed by atoms with Gasteiger partial charge in [0.1, 0.15) is 9.71 Å². The van der Waals surface area contributed by atoms with E-state index in [-0.39, 0.29) is 5.91 Å². The van der Waals surface area contributed by atoms with Gasteiger partial charge in [0.15, 0.2) is 0 Å². The normalized spacial score (nSPS) is 11.0. The molecule has 2 heterocycles. The summed E-state index contributed by atoms with van der Waals surface area (Å²) in [4.78, 5) is 18.5. The highest BCUT2D eigenvalue weighted by Gasteiger charge is 2.20. The van der Waals surface area contributed by atoms with E-state index in [1.807, 2.05) is 45.0 Å². The first-order valence-corrected chi connectivity index (χ1v) is 8.72. The van der Waals surface area contributed by atoms with Gasteiger partial charge in [-0.25, -0.2) is 4.98 Å². The van der Waals surface area contributed by atoms with E-state index in [1.165, 1.54) is 11.3 Å². The lowest BCUT2D eigenvalue weighted by Crippen LogP contribution is -2.11. The first-order chi connectivity index (χ1) is 10.9. The van der Waals surface area contributed by atoms with E-state index < -0.39 is 0 Å². The molecule has 0 radical (unpaired) electrons. The molecule has 3 N–H and O–H groups in total. The molecule has 6 heteroatoms. The Morgan fingerprint density at radius 1 is 1.26 bits per heavy atom. The number of amides is 1. The van der Waals surface area contributed by atoms with Crippen LogP contribution in [0.4, 0.5) is 11.4 Å². The molecule has 1 amide bonds. The second-order valence-electron chi connectivity index (χ2n) is 5.44. The summed E-state index contributed by atoms with van der Waals surface area (Å²) >= 11 is 4.73. The number of halogens is 1. The van der Waals surface area contributed by atoms with Crippen molar-refractivity contribution in [1.29, 1.82) is 0 Å². The number of nitrogens with one attached hydrogen (secondary N) is 1. The van der Waals surface area contributed by atoms with Gasteiger partial charge in [-0.15, -0.1) is 11.3 Å². The highest BCUT2D eigenvalue weighted by molar-refractivity contribution is 9.10. The van der Waals surface area contributed by atoms with E-state index in [4.69, 9.17) is 5.73 Å². The third-order valence-corrected chi connectivity index (χ3v) is 5.56. The van der Waals surface area contributed by atoms with E-state index in [9.17, 15) is 4.79 Å². The zero-order valence-electron chi connectivity index (χ0n) is 13.0. The Bertz CT molecular complexity index is 933. The number of nitrogens with two attached hydrogens (primary N) is 1. The minimum absolute atomic E-state index is 0.210. The quantitative estimate of drug-likeness (QED) is 0.659. The molecule has 0 aliphatic carbocycles. The van der Waals surface area contributed by atoms with Crippen molar-refractivity contribution in [1.82, 2.24) is 4.98 Å². The number of nitrogens with zero attached hydrogens (tertiary/aromatic N) is 1. The average molecular weight is 390 g/mol. The minimum atomic E-state index is -0.210. The van der Waals surface area contributed by atoms with Crippen LogP contribution >= 0.6 is 27.3 Å². The van der Waals surface area contributed by atoms with E-state index in [0.717, 1.165) is 37.2 Å². The molecule has 0 spiro atoms. The van der Waals surface area contributed by atoms with Gasteiger partial charge in [0.05, 0.1) is 5.69 Å². The van der Waals surface area contributed by atoms with Gasteiger partial charge in [0.25, 0.3) is 5.91 Å². The fourth-order valence-corrected chi connectivity index (χ4v) is 3.99. The fraction of sp³-hybridized carbons (Fsp3) is 0.176. The Kier molecular flexibility index (Phi) is 4.12. The highest BCUT2D eigenvalue weighted by Crippen LogP contribution is 2.36. The number of carbonyl (C=O) groups is 1. The first kappa shape index (κ1) is 16.0. The number of pyridine rings is 1. The fourth-order valence-electron chi connectivity index (χ4n) is 2.49. The smallest absolute Gasteiger partial charge is 0.267 e. The van der Waals surface area contributed by atoms with Gasteiger partial charge < -0.3 is 11.1 Å². The molecule has 0 fully saturated rings. The number of fused-ring (bicyclic) bond motifs is 1. The molecule has 3 rings (SSSR count). The summed E-state index contributed by atoms with van der Waals surface area (Å²) in [7, 11) is 0. The van der Waals surface area contributed by atoms with Crippen LogP contribution in [-0.2, 0) is 0 Å². The van der Waals surface area contributed by atoms with Crippen molar-refractivity contribution in [3.8, 4) is 0 Å². The summed E-state index contributed by atoms with van der Waals surface area (Å²) in [6, 6.07) is 7.46. The molecule has 2 aromatic heterocycles. The topological polar surface area (TPSA) is 68.0 Å². The molecule has 23 heavy (non-hydrogen) atoms. The van der Waals surface area contributed by atoms with E-state index in [0.29, 0.717) is 10.6 Å². The first-order valence-electron chi connectivity index (χ1n) is 7.11. The SMILES string of the molecule is Cc1nc2sc(C(=O)Nc3cccc(Br)c3)c(N)c2c(C)c1C. The molecule has 0 saturated heterocycles. The maximum Gasteiger partial charge on any atom is 0.267 e. The van der Waals surface area contributed by atoms with Crippen LogP contribution in [0.5, 0.6) is 0 Å². The average Bonchev–Trinajstić information content (AvgIpc) is 2.82. The Labute approximate surface area is 146 Å². The molecule has 4 nitrogen and oxygen atoms in total. The molecule has 0 atom stereocenters. The Balaban J connectivity index is 2.05. The number of aromatic nitrogens is 1. The van der Waals surface area contributed by atoms with Gasteiger partial charge in [-0.05, 0) is 50.1 Å². The summed E-state index contributed by atoms with van der Waals surface area (Å²) in [6.07, 6.45) is 0. The van der Waals surface area contributed by atoms with Gasteiger partial charge >= 0.3 is 0 Å². The van der Waals surface area contributed by atoms with Crippen LogP contribution in [0.1, 0.15) is 26.5 Å². The molecule has 0 aliphatic rings. The summed E-state index contributed by atoms with van der Waals surface area (Å²) < 4.78 is 0.906. The van der Waals surface area contributed by atoms with Crippen molar-refractivity contribution in [2.24, 2.45) is 0 Å². The maximum absolute atomic E-state index is 12.6. The number of aryl methyl sites for hydroxylation is 2. The summed E-state index contributed by atoms with van der Waals surface area (Å²) in [5.41, 5.74) is 10.6. The summed E-state index contributed by atoms with van der Waals surface area (Å²) in [5.74, 6) is -0.210. The van der Waals surface area contributed by atoms with Crippen LogP contribution < -0.4 is 11.1 Å². The Morgan fingerprint density at radius 3 is 2.70 bits per heavy atom. The van der Waals surface area contributed by atoms with Crippen LogP contribution in [0.3, 0.4) is 0 Å². The van der Waals surface area contributed by atoms with Crippen LogP contribution in [0.25, 0.3) is 10.2 Å². The number of rotatable bonds is 2. The van der Waals surface area contributed by atoms with Crippen LogP contribution in [-0.4, -0.2) is 10.9 Å². The van der Waals surface area contributed by atoms with E-state index in [2.05, 4.69) is 26.2 Å². The molecule has 3 aromatic rings. The molecule has 0 saturated carbocycles. The number of nitrogen functional groups attached to an aromatic ring is 1. The lowest BCUT2D eigenvalue weighted by Gasteiger charge is -2.06. The molecule has 0 aliphatic heterocycles. The Morgan fingerprint density at radius 2 is 2.00 bits per heavy atom. The molecule has 1 aromatic carbocycles. The van der Waals surface area contributed by atoms with Crippen molar-refractivity contribution in [2.75, 3.05) is 11.1 Å². The molecule has 0 bridgehead atoms. The molecule has 0 unspecified atom stereocenters. The third kappa shape index (κ3) is 2.84. The van der Waals surface area contributed by atoms with Crippen molar-refractivity contribution >= 4 is 54.8 Å². The van der Waals surface area contributed by atoms with Crippen molar-refractivity contribution < 1.29 is 4.79 Å². The largest absolute Gasteiger partial charge is 0.397 e. The Hall–Kier alpha value is -1.92. The van der Waals surface area contributed by atoms with Crippen molar-refractivity contribution in [3.05, 3.63) is 50.4 Å². The molecular weight excluding hydrogens is 374 g/mol. The predicted octanol–water partition coefficient (Wildman–Crippen LogP) is 4.82. The number of anilines is 2. The lowest BCUT2D eigenvalue weighted by atomic mass is 10.1. The standard InChI is InChI=1S/C17H16BrN3OS/c1-8-9(2)13-14(19)15(23-17(13)20-10(8)3)16(22)21-12-6-4-5-11(18)7-12/h4-7H,19H2,1-3H3,(H,21,22). The van der Waals surface area contributed by atoms with Gasteiger partial charge in [-0.3, -0.25) is 4.79 Å². The third-order valence-electron chi connectivity index (χ3n) is 3.96. The summed E-state index contributed by atoms with van der Waals surface area (Å²) in [6.45, 7) is 6.01. The monoisotopic (exact) mass is 389 g/mol. The highest BCUT2D eigenvalue weighted by atomic mass is 79.9. The van der Waals surface area contributed by atoms with Crippen molar-refractivity contribution in [2.45, 2.75) is 20.8 Å². The minimum Gasteiger partial charge on any atom is -0.397 e. The van der Waals surface area contributed by atoms with Crippen LogP contribution in [0.15, 0.2) is 28.7 Å². The maximum atomic E-state index is 12.6. The molecule has 118 valence electrons. The number of hydrogen-bond donors (Lipinski definition) is 2. The van der Waals surface area contributed by atoms with Crippen LogP contribution in [0, 0.1) is 20.8 Å².